The van der Waals surface area contributed by atoms with Crippen LogP contribution in [-0.2, 0) is 5.60 Å². The first-order valence-electron chi connectivity index (χ1n) is 7.94. The Morgan fingerprint density at radius 3 is 2.62 bits per heavy atom. The first-order chi connectivity index (χ1) is 11.5. The Morgan fingerprint density at radius 1 is 1.29 bits per heavy atom. The predicted molar refractivity (Wildman–Crippen MR) is 93.4 cm³/mol. The maximum absolute atomic E-state index is 12.5. The van der Waals surface area contributed by atoms with Crippen molar-refractivity contribution in [2.24, 2.45) is 5.92 Å². The van der Waals surface area contributed by atoms with E-state index in [4.69, 9.17) is 16.3 Å². The molecule has 0 saturated heterocycles. The molecule has 0 heterocycles. The molecule has 0 unspecified atom stereocenters. The van der Waals surface area contributed by atoms with Crippen LogP contribution < -0.4 is 10.1 Å². The first kappa shape index (κ1) is 16.8. The summed E-state index contributed by atoms with van der Waals surface area (Å²) < 4.78 is 5.22. The highest BCUT2D eigenvalue weighted by Crippen LogP contribution is 2.45. The van der Waals surface area contributed by atoms with Gasteiger partial charge in [0.1, 0.15) is 11.4 Å². The monoisotopic (exact) mass is 345 g/mol. The molecule has 0 bridgehead atoms. The maximum Gasteiger partial charge on any atom is 0.255 e. The van der Waals surface area contributed by atoms with Gasteiger partial charge in [0.2, 0.25) is 0 Å². The van der Waals surface area contributed by atoms with Crippen molar-refractivity contribution in [2.45, 2.75) is 18.4 Å². The van der Waals surface area contributed by atoms with E-state index in [1.165, 1.54) is 7.11 Å². The van der Waals surface area contributed by atoms with E-state index in [1.807, 2.05) is 30.3 Å². The second-order valence-corrected chi connectivity index (χ2v) is 6.53. The zero-order chi connectivity index (χ0) is 17.2. The van der Waals surface area contributed by atoms with Crippen LogP contribution in [0.3, 0.4) is 0 Å². The summed E-state index contributed by atoms with van der Waals surface area (Å²) in [5.41, 5.74) is 0.130. The standard InChI is InChI=1S/C19H20ClNO3/c1-24-17-10-9-15(20)11-16(17)18(22)21-12-19(23,14-7-8-14)13-5-3-2-4-6-13/h2-6,9-11,14,23H,7-8,12H2,1H3,(H,21,22)/t19-/m0/s1. The molecular weight excluding hydrogens is 326 g/mol. The summed E-state index contributed by atoms with van der Waals surface area (Å²) in [6.07, 6.45) is 1.92. The number of carbonyl (C=O) groups is 1. The Morgan fingerprint density at radius 2 is 2.00 bits per heavy atom. The SMILES string of the molecule is COc1ccc(Cl)cc1C(=O)NC[C@](O)(c1ccccc1)C1CC1. The van der Waals surface area contributed by atoms with Gasteiger partial charge >= 0.3 is 0 Å². The van der Waals surface area contributed by atoms with E-state index in [1.54, 1.807) is 18.2 Å². The third kappa shape index (κ3) is 3.40. The zero-order valence-corrected chi connectivity index (χ0v) is 14.2. The van der Waals surface area contributed by atoms with Crippen LogP contribution in [0.4, 0.5) is 0 Å². The predicted octanol–water partition coefficient (Wildman–Crippen LogP) is 3.38. The minimum absolute atomic E-state index is 0.149. The Kier molecular flexibility index (Phi) is 4.78. The van der Waals surface area contributed by atoms with Crippen molar-refractivity contribution >= 4 is 17.5 Å². The average Bonchev–Trinajstić information content (AvgIpc) is 3.45. The van der Waals surface area contributed by atoms with Crippen molar-refractivity contribution in [1.82, 2.24) is 5.32 Å². The molecule has 3 rings (SSSR count). The number of rotatable bonds is 6. The molecule has 1 amide bonds. The molecule has 1 saturated carbocycles. The van der Waals surface area contributed by atoms with Crippen molar-refractivity contribution < 1.29 is 14.6 Å². The highest BCUT2D eigenvalue weighted by atomic mass is 35.5. The van der Waals surface area contributed by atoms with Crippen LogP contribution in [0.5, 0.6) is 5.75 Å². The molecule has 2 N–H and O–H groups in total. The Bertz CT molecular complexity index is 731. The summed E-state index contributed by atoms with van der Waals surface area (Å²) in [6, 6.07) is 14.4. The lowest BCUT2D eigenvalue weighted by Gasteiger charge is -2.29. The quantitative estimate of drug-likeness (QED) is 0.843. The van der Waals surface area contributed by atoms with E-state index >= 15 is 0 Å². The van der Waals surface area contributed by atoms with Gasteiger partial charge in [0.25, 0.3) is 5.91 Å². The van der Waals surface area contributed by atoms with Crippen LogP contribution in [0.15, 0.2) is 48.5 Å². The third-order valence-corrected chi connectivity index (χ3v) is 4.69. The average molecular weight is 346 g/mol. The molecule has 126 valence electrons. The van der Waals surface area contributed by atoms with Gasteiger partial charge in [-0.25, -0.2) is 0 Å². The van der Waals surface area contributed by atoms with Gasteiger partial charge in [-0.15, -0.1) is 0 Å². The van der Waals surface area contributed by atoms with Gasteiger partial charge in [0, 0.05) is 5.02 Å². The molecule has 24 heavy (non-hydrogen) atoms. The van der Waals surface area contributed by atoms with Gasteiger partial charge in [-0.2, -0.15) is 0 Å². The van der Waals surface area contributed by atoms with E-state index in [2.05, 4.69) is 5.32 Å². The highest BCUT2D eigenvalue weighted by Gasteiger charge is 2.45. The van der Waals surface area contributed by atoms with Crippen LogP contribution in [0.1, 0.15) is 28.8 Å². The number of nitrogens with one attached hydrogen (secondary N) is 1. The molecule has 0 aliphatic heterocycles. The van der Waals surface area contributed by atoms with E-state index in [-0.39, 0.29) is 18.4 Å². The van der Waals surface area contributed by atoms with Crippen molar-refractivity contribution in [3.8, 4) is 5.75 Å². The fourth-order valence-electron chi connectivity index (χ4n) is 2.94. The minimum Gasteiger partial charge on any atom is -0.496 e. The lowest BCUT2D eigenvalue weighted by molar-refractivity contribution is 0.0135. The van der Waals surface area contributed by atoms with E-state index in [0.717, 1.165) is 18.4 Å². The number of carbonyl (C=O) groups excluding carboxylic acids is 1. The Hall–Kier alpha value is -2.04. The van der Waals surface area contributed by atoms with Crippen LogP contribution in [0.2, 0.25) is 5.02 Å². The van der Waals surface area contributed by atoms with Crippen molar-refractivity contribution in [2.75, 3.05) is 13.7 Å². The lowest BCUT2D eigenvalue weighted by Crippen LogP contribution is -2.42. The van der Waals surface area contributed by atoms with Gasteiger partial charge in [-0.05, 0) is 42.5 Å². The minimum atomic E-state index is -1.05. The smallest absolute Gasteiger partial charge is 0.255 e. The first-order valence-corrected chi connectivity index (χ1v) is 8.32. The normalized spacial score (nSPS) is 16.3. The number of hydrogen-bond acceptors (Lipinski definition) is 3. The molecular formula is C19H20ClNO3. The molecule has 4 nitrogen and oxygen atoms in total. The maximum atomic E-state index is 12.5. The highest BCUT2D eigenvalue weighted by molar-refractivity contribution is 6.31. The topological polar surface area (TPSA) is 58.6 Å². The number of methoxy groups -OCH3 is 1. The summed E-state index contributed by atoms with van der Waals surface area (Å²) in [4.78, 5) is 12.5. The largest absolute Gasteiger partial charge is 0.496 e. The Labute approximate surface area is 146 Å². The van der Waals surface area contributed by atoms with E-state index in [9.17, 15) is 9.90 Å². The third-order valence-electron chi connectivity index (χ3n) is 4.45. The van der Waals surface area contributed by atoms with Crippen LogP contribution in [0.25, 0.3) is 0 Å². The lowest BCUT2D eigenvalue weighted by atomic mass is 9.88. The number of hydrogen-bond donors (Lipinski definition) is 2. The van der Waals surface area contributed by atoms with Crippen molar-refractivity contribution in [1.29, 1.82) is 0 Å². The number of ether oxygens (including phenoxy) is 1. The van der Waals surface area contributed by atoms with Crippen LogP contribution in [0, 0.1) is 5.92 Å². The molecule has 0 aromatic heterocycles. The fourth-order valence-corrected chi connectivity index (χ4v) is 3.11. The molecule has 0 spiro atoms. The number of benzene rings is 2. The summed E-state index contributed by atoms with van der Waals surface area (Å²) in [5.74, 6) is 0.303. The molecule has 2 aromatic carbocycles. The van der Waals surface area contributed by atoms with E-state index in [0.29, 0.717) is 16.3 Å². The summed E-state index contributed by atoms with van der Waals surface area (Å²) >= 11 is 5.98. The van der Waals surface area contributed by atoms with E-state index < -0.39 is 5.60 Å². The van der Waals surface area contributed by atoms with Crippen LogP contribution in [-0.4, -0.2) is 24.7 Å². The van der Waals surface area contributed by atoms with Gasteiger partial charge < -0.3 is 15.2 Å². The van der Waals surface area contributed by atoms with Gasteiger partial charge in [0.15, 0.2) is 0 Å². The molecule has 1 fully saturated rings. The molecule has 1 aliphatic carbocycles. The van der Waals surface area contributed by atoms with Gasteiger partial charge in [0.05, 0.1) is 19.2 Å². The van der Waals surface area contributed by atoms with Crippen LogP contribution >= 0.6 is 11.6 Å². The van der Waals surface area contributed by atoms with Crippen molar-refractivity contribution in [3.05, 3.63) is 64.7 Å². The Balaban J connectivity index is 1.78. The molecule has 1 atom stereocenters. The number of aliphatic hydroxyl groups is 1. The molecule has 2 aromatic rings. The second kappa shape index (κ2) is 6.83. The number of halogens is 1. The van der Waals surface area contributed by atoms with Gasteiger partial charge in [-0.1, -0.05) is 41.9 Å². The summed E-state index contributed by atoms with van der Waals surface area (Å²) in [7, 11) is 1.50. The second-order valence-electron chi connectivity index (χ2n) is 6.09. The number of amides is 1. The summed E-state index contributed by atoms with van der Waals surface area (Å²) in [6.45, 7) is 0.149. The molecule has 1 aliphatic rings. The molecule has 5 heteroatoms. The summed E-state index contributed by atoms with van der Waals surface area (Å²) in [5, 5.41) is 14.4. The molecule has 0 radical (unpaired) electrons. The zero-order valence-electron chi connectivity index (χ0n) is 13.5. The fraction of sp³-hybridized carbons (Fsp3) is 0.316. The van der Waals surface area contributed by atoms with Crippen molar-refractivity contribution in [3.63, 3.8) is 0 Å². The van der Waals surface area contributed by atoms with Gasteiger partial charge in [-0.3, -0.25) is 4.79 Å².